The lowest BCUT2D eigenvalue weighted by molar-refractivity contribution is 0.174. The van der Waals surface area contributed by atoms with E-state index in [9.17, 15) is 0 Å². The van der Waals surface area contributed by atoms with Gasteiger partial charge >= 0.3 is 0 Å². The molecule has 1 aliphatic heterocycles. The Labute approximate surface area is 135 Å². The Morgan fingerprint density at radius 1 is 1.09 bits per heavy atom. The molecule has 0 radical (unpaired) electrons. The molecule has 7 heteroatoms. The predicted molar refractivity (Wildman–Crippen MR) is 86.9 cm³/mol. The lowest BCUT2D eigenvalue weighted by Crippen LogP contribution is -2.07. The fourth-order valence-corrected chi connectivity index (χ4v) is 2.23. The highest BCUT2D eigenvalue weighted by Gasteiger charge is 2.13. The van der Waals surface area contributed by atoms with E-state index in [1.807, 2.05) is 24.3 Å². The molecule has 0 amide bonds. The summed E-state index contributed by atoms with van der Waals surface area (Å²) in [7, 11) is 1.70. The molecule has 2 aromatic rings. The van der Waals surface area contributed by atoms with Crippen LogP contribution in [0, 0.1) is 0 Å². The smallest absolute Gasteiger partial charge is 0.231 e. The summed E-state index contributed by atoms with van der Waals surface area (Å²) in [4.78, 5) is 8.43. The maximum atomic E-state index is 5.38. The van der Waals surface area contributed by atoms with Crippen LogP contribution in [0.3, 0.4) is 0 Å². The molecular weight excluding hydrogens is 296 g/mol. The molecule has 0 bridgehead atoms. The molecule has 0 fully saturated rings. The second kappa shape index (κ2) is 7.64. The third-order valence-corrected chi connectivity index (χ3v) is 3.41. The van der Waals surface area contributed by atoms with Crippen molar-refractivity contribution in [2.75, 3.05) is 37.7 Å². The molecule has 0 saturated heterocycles. The highest BCUT2D eigenvalue weighted by Crippen LogP contribution is 2.32. The molecule has 0 spiro atoms. The largest absolute Gasteiger partial charge is 0.454 e. The number of hydrogen-bond acceptors (Lipinski definition) is 7. The number of nitrogens with one attached hydrogen (secondary N) is 2. The molecule has 2 N–H and O–H groups in total. The van der Waals surface area contributed by atoms with E-state index in [2.05, 4.69) is 20.6 Å². The Kier molecular flexibility index (Phi) is 5.10. The van der Waals surface area contributed by atoms with Crippen molar-refractivity contribution in [2.45, 2.75) is 13.0 Å². The van der Waals surface area contributed by atoms with Gasteiger partial charge in [0.15, 0.2) is 11.5 Å². The lowest BCUT2D eigenvalue weighted by atomic mass is 10.2. The molecule has 3 rings (SSSR count). The van der Waals surface area contributed by atoms with Crippen molar-refractivity contribution in [3.8, 4) is 11.5 Å². The summed E-state index contributed by atoms with van der Waals surface area (Å²) in [5, 5.41) is 6.53. The van der Waals surface area contributed by atoms with Crippen LogP contribution in [0.1, 0.15) is 12.0 Å². The lowest BCUT2D eigenvalue weighted by Gasteiger charge is -2.09. The number of ether oxygens (including phenoxy) is 3. The van der Waals surface area contributed by atoms with Crippen LogP contribution in [0.5, 0.6) is 11.5 Å². The van der Waals surface area contributed by atoms with Crippen molar-refractivity contribution in [3.05, 3.63) is 36.2 Å². The van der Waals surface area contributed by atoms with Crippen LogP contribution in [0.2, 0.25) is 0 Å². The van der Waals surface area contributed by atoms with Crippen LogP contribution < -0.4 is 20.1 Å². The molecule has 1 aromatic carbocycles. The number of anilines is 2. The number of methoxy groups -OCH3 is 1. The van der Waals surface area contributed by atoms with Gasteiger partial charge < -0.3 is 24.8 Å². The van der Waals surface area contributed by atoms with Gasteiger partial charge in [-0.15, -0.1) is 0 Å². The monoisotopic (exact) mass is 316 g/mol. The van der Waals surface area contributed by atoms with E-state index in [-0.39, 0.29) is 6.79 Å². The van der Waals surface area contributed by atoms with Crippen molar-refractivity contribution in [1.82, 2.24) is 9.97 Å². The normalized spacial score (nSPS) is 12.2. The fraction of sp³-hybridized carbons (Fsp3) is 0.375. The minimum absolute atomic E-state index is 0.288. The SMILES string of the molecule is COCCCNc1cc(NCc2ccc3c(c2)OCO3)ncn1. The Morgan fingerprint density at radius 2 is 1.91 bits per heavy atom. The van der Waals surface area contributed by atoms with Crippen molar-refractivity contribution in [1.29, 1.82) is 0 Å². The molecule has 2 heterocycles. The third kappa shape index (κ3) is 4.23. The van der Waals surface area contributed by atoms with Gasteiger partial charge in [-0.1, -0.05) is 6.07 Å². The van der Waals surface area contributed by atoms with Crippen LogP contribution in [0.4, 0.5) is 11.6 Å². The van der Waals surface area contributed by atoms with Crippen molar-refractivity contribution < 1.29 is 14.2 Å². The molecule has 0 atom stereocenters. The van der Waals surface area contributed by atoms with Crippen LogP contribution in [-0.2, 0) is 11.3 Å². The van der Waals surface area contributed by atoms with E-state index in [0.29, 0.717) is 6.54 Å². The first kappa shape index (κ1) is 15.4. The molecule has 0 aliphatic carbocycles. The quantitative estimate of drug-likeness (QED) is 0.723. The van der Waals surface area contributed by atoms with Crippen LogP contribution >= 0.6 is 0 Å². The molecule has 23 heavy (non-hydrogen) atoms. The highest BCUT2D eigenvalue weighted by molar-refractivity contribution is 5.48. The van der Waals surface area contributed by atoms with Crippen LogP contribution in [-0.4, -0.2) is 37.0 Å². The molecular formula is C16H20N4O3. The summed E-state index contributed by atoms with van der Waals surface area (Å²) < 4.78 is 15.7. The maximum Gasteiger partial charge on any atom is 0.231 e. The summed E-state index contributed by atoms with van der Waals surface area (Å²) in [6.45, 7) is 2.48. The zero-order valence-electron chi connectivity index (χ0n) is 13.0. The molecule has 1 aliphatic rings. The number of rotatable bonds is 8. The maximum absolute atomic E-state index is 5.38. The third-order valence-electron chi connectivity index (χ3n) is 3.41. The van der Waals surface area contributed by atoms with E-state index in [4.69, 9.17) is 14.2 Å². The van der Waals surface area contributed by atoms with Gasteiger partial charge in [0.2, 0.25) is 6.79 Å². The molecule has 0 unspecified atom stereocenters. The molecule has 1 aromatic heterocycles. The van der Waals surface area contributed by atoms with Gasteiger partial charge in [0, 0.05) is 32.9 Å². The number of nitrogens with zero attached hydrogens (tertiary/aromatic N) is 2. The Morgan fingerprint density at radius 3 is 2.78 bits per heavy atom. The second-order valence-corrected chi connectivity index (χ2v) is 5.10. The number of benzene rings is 1. The summed E-state index contributed by atoms with van der Waals surface area (Å²) in [5.41, 5.74) is 1.10. The number of fused-ring (bicyclic) bond motifs is 1. The van der Waals surface area contributed by atoms with Gasteiger partial charge in [-0.2, -0.15) is 0 Å². The number of hydrogen-bond donors (Lipinski definition) is 2. The van der Waals surface area contributed by atoms with Gasteiger partial charge in [0.05, 0.1) is 0 Å². The van der Waals surface area contributed by atoms with Gasteiger partial charge in [-0.3, -0.25) is 0 Å². The summed E-state index contributed by atoms with van der Waals surface area (Å²) in [6, 6.07) is 7.79. The first-order chi connectivity index (χ1) is 11.3. The minimum atomic E-state index is 0.288. The zero-order chi connectivity index (χ0) is 15.9. The van der Waals surface area contributed by atoms with Crippen molar-refractivity contribution in [3.63, 3.8) is 0 Å². The van der Waals surface area contributed by atoms with Gasteiger partial charge in [0.25, 0.3) is 0 Å². The zero-order valence-corrected chi connectivity index (χ0v) is 13.0. The van der Waals surface area contributed by atoms with Crippen LogP contribution in [0.15, 0.2) is 30.6 Å². The standard InChI is InChI=1S/C16H20N4O3/c1-21-6-2-5-17-15-8-16(20-10-19-15)18-9-12-3-4-13-14(7-12)23-11-22-13/h3-4,7-8,10H,2,5-6,9,11H2,1H3,(H2,17,18,19,20). The van der Waals surface area contributed by atoms with Gasteiger partial charge in [0.1, 0.15) is 18.0 Å². The Hall–Kier alpha value is -2.54. The van der Waals surface area contributed by atoms with E-state index < -0.39 is 0 Å². The molecule has 122 valence electrons. The Bertz CT molecular complexity index is 651. The average molecular weight is 316 g/mol. The first-order valence-corrected chi connectivity index (χ1v) is 7.52. The first-order valence-electron chi connectivity index (χ1n) is 7.52. The van der Waals surface area contributed by atoms with Crippen molar-refractivity contribution >= 4 is 11.6 Å². The van der Waals surface area contributed by atoms with E-state index >= 15 is 0 Å². The van der Waals surface area contributed by atoms with E-state index in [1.54, 1.807) is 13.4 Å². The topological polar surface area (TPSA) is 77.5 Å². The van der Waals surface area contributed by atoms with Crippen molar-refractivity contribution in [2.24, 2.45) is 0 Å². The summed E-state index contributed by atoms with van der Waals surface area (Å²) in [5.74, 6) is 3.14. The number of aromatic nitrogens is 2. The summed E-state index contributed by atoms with van der Waals surface area (Å²) in [6.07, 6.45) is 2.47. The second-order valence-electron chi connectivity index (χ2n) is 5.10. The molecule has 0 saturated carbocycles. The van der Waals surface area contributed by atoms with Crippen LogP contribution in [0.25, 0.3) is 0 Å². The minimum Gasteiger partial charge on any atom is -0.454 e. The predicted octanol–water partition coefficient (Wildman–Crippen LogP) is 2.27. The fourth-order valence-electron chi connectivity index (χ4n) is 2.23. The average Bonchev–Trinajstić information content (AvgIpc) is 3.05. The Balaban J connectivity index is 1.53. The van der Waals surface area contributed by atoms with Gasteiger partial charge in [-0.25, -0.2) is 9.97 Å². The van der Waals surface area contributed by atoms with E-state index in [0.717, 1.165) is 48.3 Å². The van der Waals surface area contributed by atoms with Gasteiger partial charge in [-0.05, 0) is 24.1 Å². The highest BCUT2D eigenvalue weighted by atomic mass is 16.7. The summed E-state index contributed by atoms with van der Waals surface area (Å²) >= 11 is 0. The van der Waals surface area contributed by atoms with E-state index in [1.165, 1.54) is 0 Å². The molecule has 7 nitrogen and oxygen atoms in total.